The van der Waals surface area contributed by atoms with Crippen LogP contribution >= 0.6 is 0 Å². The van der Waals surface area contributed by atoms with E-state index in [2.05, 4.69) is 18.7 Å². The Bertz CT molecular complexity index is 538. The van der Waals surface area contributed by atoms with Gasteiger partial charge in [-0.25, -0.2) is 4.79 Å². The molecule has 1 fully saturated rings. The van der Waals surface area contributed by atoms with Crippen molar-refractivity contribution in [1.29, 1.82) is 0 Å². The highest BCUT2D eigenvalue weighted by Gasteiger charge is 2.49. The third-order valence-corrected chi connectivity index (χ3v) is 5.80. The summed E-state index contributed by atoms with van der Waals surface area (Å²) in [5.41, 5.74) is -0.0291. The van der Waals surface area contributed by atoms with Crippen molar-refractivity contribution in [2.75, 3.05) is 32.8 Å². The van der Waals surface area contributed by atoms with E-state index in [4.69, 9.17) is 9.47 Å². The van der Waals surface area contributed by atoms with Crippen LogP contribution in [-0.4, -0.2) is 43.7 Å². The van der Waals surface area contributed by atoms with Crippen molar-refractivity contribution < 1.29 is 14.3 Å². The maximum atomic E-state index is 13.4. The number of carbonyl (C=O) groups excluding carboxylic acids is 1. The quantitative estimate of drug-likeness (QED) is 0.412. The Hall–Kier alpha value is -1.39. The molecule has 4 heteroatoms. The van der Waals surface area contributed by atoms with Crippen molar-refractivity contribution >= 4 is 5.97 Å². The second-order valence-electron chi connectivity index (χ2n) is 7.39. The van der Waals surface area contributed by atoms with Gasteiger partial charge in [-0.15, -0.1) is 0 Å². The summed E-state index contributed by atoms with van der Waals surface area (Å²) >= 11 is 0. The first-order chi connectivity index (χ1) is 13.2. The van der Waals surface area contributed by atoms with Crippen molar-refractivity contribution in [3.8, 4) is 0 Å². The molecule has 1 saturated carbocycles. The second kappa shape index (κ2) is 11.5. The van der Waals surface area contributed by atoms with Gasteiger partial charge in [0.25, 0.3) is 0 Å². The number of benzene rings is 1. The molecule has 0 aliphatic heterocycles. The Kier molecular flexibility index (Phi) is 9.29. The highest BCUT2D eigenvalue weighted by molar-refractivity contribution is 5.82. The first kappa shape index (κ1) is 21.9. The van der Waals surface area contributed by atoms with E-state index in [0.717, 1.165) is 57.3 Å². The maximum absolute atomic E-state index is 13.4. The van der Waals surface area contributed by atoms with Crippen molar-refractivity contribution in [2.45, 2.75) is 64.9 Å². The molecular formula is C23H37NO3. The van der Waals surface area contributed by atoms with Crippen molar-refractivity contribution in [3.05, 3.63) is 35.9 Å². The minimum Gasteiger partial charge on any atom is -0.463 e. The van der Waals surface area contributed by atoms with Crippen LogP contribution in [0, 0.1) is 5.92 Å². The molecule has 4 nitrogen and oxygen atoms in total. The molecule has 0 bridgehead atoms. The largest absolute Gasteiger partial charge is 0.463 e. The monoisotopic (exact) mass is 375 g/mol. The SMILES string of the molecule is CCO[C@](C(=O)OCCCN(CC)CC)(c1ccccc1)C1CCCCC1. The number of nitrogens with zero attached hydrogens (tertiary/aromatic N) is 1. The molecule has 152 valence electrons. The number of rotatable bonds is 11. The maximum Gasteiger partial charge on any atom is 0.343 e. The zero-order chi connectivity index (χ0) is 19.5. The fourth-order valence-electron chi connectivity index (χ4n) is 4.30. The average molecular weight is 376 g/mol. The van der Waals surface area contributed by atoms with Crippen molar-refractivity contribution in [3.63, 3.8) is 0 Å². The van der Waals surface area contributed by atoms with Gasteiger partial charge >= 0.3 is 5.97 Å². The van der Waals surface area contributed by atoms with E-state index >= 15 is 0 Å². The first-order valence-electron chi connectivity index (χ1n) is 10.8. The zero-order valence-electron chi connectivity index (χ0n) is 17.4. The Balaban J connectivity index is 2.16. The van der Waals surface area contributed by atoms with Crippen LogP contribution in [0.1, 0.15) is 64.9 Å². The number of hydrogen-bond acceptors (Lipinski definition) is 4. The highest BCUT2D eigenvalue weighted by atomic mass is 16.6. The van der Waals surface area contributed by atoms with Gasteiger partial charge in [-0.1, -0.05) is 63.4 Å². The molecule has 1 aromatic carbocycles. The molecule has 0 heterocycles. The summed E-state index contributed by atoms with van der Waals surface area (Å²) in [6.07, 6.45) is 6.44. The summed E-state index contributed by atoms with van der Waals surface area (Å²) in [4.78, 5) is 15.7. The Morgan fingerprint density at radius 2 is 1.74 bits per heavy atom. The van der Waals surface area contributed by atoms with E-state index in [1.165, 1.54) is 6.42 Å². The topological polar surface area (TPSA) is 38.8 Å². The fraction of sp³-hybridized carbons (Fsp3) is 0.696. The highest BCUT2D eigenvalue weighted by Crippen LogP contribution is 2.43. The predicted octanol–water partition coefficient (Wildman–Crippen LogP) is 4.77. The summed E-state index contributed by atoms with van der Waals surface area (Å²) in [7, 11) is 0. The number of carbonyl (C=O) groups is 1. The van der Waals surface area contributed by atoms with Crippen LogP contribution in [0.3, 0.4) is 0 Å². The van der Waals surface area contributed by atoms with E-state index in [9.17, 15) is 4.79 Å². The van der Waals surface area contributed by atoms with E-state index in [-0.39, 0.29) is 11.9 Å². The van der Waals surface area contributed by atoms with E-state index in [1.807, 2.05) is 37.3 Å². The molecule has 0 unspecified atom stereocenters. The molecule has 1 aliphatic rings. The third kappa shape index (κ3) is 5.55. The van der Waals surface area contributed by atoms with Crippen LogP contribution in [0.25, 0.3) is 0 Å². The molecule has 1 aromatic rings. The van der Waals surface area contributed by atoms with Crippen LogP contribution in [0.2, 0.25) is 0 Å². The summed E-state index contributed by atoms with van der Waals surface area (Å²) in [6, 6.07) is 9.98. The zero-order valence-corrected chi connectivity index (χ0v) is 17.4. The molecule has 0 radical (unpaired) electrons. The van der Waals surface area contributed by atoms with Crippen LogP contribution in [-0.2, 0) is 19.9 Å². The van der Waals surface area contributed by atoms with E-state index in [0.29, 0.717) is 13.2 Å². The van der Waals surface area contributed by atoms with Gasteiger partial charge < -0.3 is 14.4 Å². The molecule has 1 aliphatic carbocycles. The van der Waals surface area contributed by atoms with E-state index < -0.39 is 5.60 Å². The molecule has 0 aromatic heterocycles. The van der Waals surface area contributed by atoms with Crippen LogP contribution in [0.5, 0.6) is 0 Å². The van der Waals surface area contributed by atoms with Gasteiger partial charge in [-0.05, 0) is 44.8 Å². The Morgan fingerprint density at radius 3 is 2.33 bits per heavy atom. The van der Waals surface area contributed by atoms with Gasteiger partial charge in [0, 0.05) is 19.1 Å². The molecule has 0 saturated heterocycles. The molecule has 0 N–H and O–H groups in total. The molecule has 0 amide bonds. The van der Waals surface area contributed by atoms with Crippen LogP contribution in [0.15, 0.2) is 30.3 Å². The minimum atomic E-state index is -0.967. The lowest BCUT2D eigenvalue weighted by Gasteiger charge is -2.40. The molecule has 27 heavy (non-hydrogen) atoms. The minimum absolute atomic E-state index is 0.184. The van der Waals surface area contributed by atoms with Crippen molar-refractivity contribution in [2.24, 2.45) is 5.92 Å². The summed E-state index contributed by atoms with van der Waals surface area (Å²) < 4.78 is 12.1. The van der Waals surface area contributed by atoms with Gasteiger partial charge in [-0.2, -0.15) is 0 Å². The predicted molar refractivity (Wildman–Crippen MR) is 110 cm³/mol. The van der Waals surface area contributed by atoms with Crippen molar-refractivity contribution in [1.82, 2.24) is 4.90 Å². The summed E-state index contributed by atoms with van der Waals surface area (Å²) in [5.74, 6) is -0.0223. The lowest BCUT2D eigenvalue weighted by atomic mass is 9.73. The number of hydrogen-bond donors (Lipinski definition) is 0. The van der Waals surface area contributed by atoms with Crippen LogP contribution < -0.4 is 0 Å². The number of ether oxygens (including phenoxy) is 2. The smallest absolute Gasteiger partial charge is 0.343 e. The lowest BCUT2D eigenvalue weighted by molar-refractivity contribution is -0.186. The average Bonchev–Trinajstić information content (AvgIpc) is 2.73. The molecular weight excluding hydrogens is 338 g/mol. The van der Waals surface area contributed by atoms with Gasteiger partial charge in [0.05, 0.1) is 6.61 Å². The fourth-order valence-corrected chi connectivity index (χ4v) is 4.30. The normalized spacial score (nSPS) is 17.6. The second-order valence-corrected chi connectivity index (χ2v) is 7.39. The van der Waals surface area contributed by atoms with Crippen LogP contribution in [0.4, 0.5) is 0 Å². The molecule has 1 atom stereocenters. The van der Waals surface area contributed by atoms with Gasteiger partial charge in [-0.3, -0.25) is 0 Å². The third-order valence-electron chi connectivity index (χ3n) is 5.80. The first-order valence-corrected chi connectivity index (χ1v) is 10.8. The molecule has 2 rings (SSSR count). The van der Waals surface area contributed by atoms with Gasteiger partial charge in [0.1, 0.15) is 0 Å². The summed E-state index contributed by atoms with van der Waals surface area (Å²) in [6.45, 7) is 10.2. The lowest BCUT2D eigenvalue weighted by Crippen LogP contribution is -2.47. The van der Waals surface area contributed by atoms with E-state index in [1.54, 1.807) is 0 Å². The Morgan fingerprint density at radius 1 is 1.07 bits per heavy atom. The summed E-state index contributed by atoms with van der Waals surface area (Å²) in [5, 5.41) is 0. The number of esters is 1. The Labute approximate surface area is 165 Å². The standard InChI is InChI=1S/C23H37NO3/c1-4-24(5-2)18-13-19-26-22(25)23(27-6-3,20-14-9-7-10-15-20)21-16-11-8-12-17-21/h7,9-10,14-15,21H,4-6,8,11-13,16-19H2,1-3H3/t23-/m1/s1. The molecule has 0 spiro atoms. The van der Waals surface area contributed by atoms with Gasteiger partial charge in [0.2, 0.25) is 0 Å². The van der Waals surface area contributed by atoms with Gasteiger partial charge in [0.15, 0.2) is 5.60 Å².